The number of nitrogen functional groups attached to an aromatic ring is 1. The first-order chi connectivity index (χ1) is 8.06. The minimum atomic E-state index is 0.590. The van der Waals surface area contributed by atoms with Crippen LogP contribution < -0.4 is 10.5 Å². The van der Waals surface area contributed by atoms with Gasteiger partial charge < -0.3 is 10.5 Å². The number of hydrogen-bond acceptors (Lipinski definition) is 2. The van der Waals surface area contributed by atoms with Gasteiger partial charge in [0.1, 0.15) is 11.5 Å². The third-order valence-corrected chi connectivity index (χ3v) is 3.25. The van der Waals surface area contributed by atoms with Gasteiger partial charge in [-0.25, -0.2) is 0 Å². The second-order valence-electron chi connectivity index (χ2n) is 3.70. The van der Waals surface area contributed by atoms with Crippen LogP contribution in [-0.2, 0) is 0 Å². The van der Waals surface area contributed by atoms with E-state index < -0.39 is 0 Å². The second kappa shape index (κ2) is 4.98. The first-order valence-corrected chi connectivity index (χ1v) is 6.22. The van der Waals surface area contributed by atoms with Gasteiger partial charge in [0.25, 0.3) is 0 Å². The Balaban J connectivity index is 2.28. The van der Waals surface area contributed by atoms with Gasteiger partial charge in [-0.15, -0.1) is 0 Å². The molecule has 0 aliphatic carbocycles. The van der Waals surface area contributed by atoms with Crippen LogP contribution in [-0.4, -0.2) is 0 Å². The molecule has 0 heterocycles. The van der Waals surface area contributed by atoms with Crippen molar-refractivity contribution in [3.05, 3.63) is 51.5 Å². The highest BCUT2D eigenvalue weighted by Crippen LogP contribution is 2.31. The molecule has 0 aliphatic rings. The first kappa shape index (κ1) is 12.3. The average molecular weight is 313 g/mol. The zero-order chi connectivity index (χ0) is 12.4. The molecule has 0 aliphatic heterocycles. The summed E-state index contributed by atoms with van der Waals surface area (Å²) in [6.07, 6.45) is 0. The van der Waals surface area contributed by atoms with Crippen molar-refractivity contribution in [3.63, 3.8) is 0 Å². The predicted molar refractivity (Wildman–Crippen MR) is 74.8 cm³/mol. The largest absolute Gasteiger partial charge is 0.455 e. The number of aryl methyl sites for hydroxylation is 1. The van der Waals surface area contributed by atoms with Gasteiger partial charge >= 0.3 is 0 Å². The zero-order valence-electron chi connectivity index (χ0n) is 9.21. The van der Waals surface area contributed by atoms with E-state index in [-0.39, 0.29) is 0 Å². The molecule has 0 saturated heterocycles. The molecule has 2 N–H and O–H groups in total. The summed E-state index contributed by atoms with van der Waals surface area (Å²) in [5, 5.41) is 0.723. The third kappa shape index (κ3) is 2.93. The number of ether oxygens (including phenoxy) is 1. The summed E-state index contributed by atoms with van der Waals surface area (Å²) in [5.41, 5.74) is 7.42. The summed E-state index contributed by atoms with van der Waals surface area (Å²) < 4.78 is 6.62. The molecule has 0 atom stereocenters. The molecule has 4 heteroatoms. The van der Waals surface area contributed by atoms with Crippen LogP contribution in [0.15, 0.2) is 40.9 Å². The number of anilines is 1. The van der Waals surface area contributed by atoms with E-state index in [0.29, 0.717) is 11.4 Å². The van der Waals surface area contributed by atoms with Crippen LogP contribution in [0.3, 0.4) is 0 Å². The number of halogens is 2. The van der Waals surface area contributed by atoms with Crippen molar-refractivity contribution in [1.82, 2.24) is 0 Å². The molecule has 0 amide bonds. The first-order valence-electron chi connectivity index (χ1n) is 5.05. The Morgan fingerprint density at radius 2 is 1.94 bits per heavy atom. The standard InChI is InChI=1S/C13H11BrClNO/c1-8-6-10(3-4-11(8)15)17-13-5-2-9(14)7-12(13)16/h2-7H,16H2,1H3. The average Bonchev–Trinajstić information content (AvgIpc) is 2.27. The highest BCUT2D eigenvalue weighted by molar-refractivity contribution is 9.10. The van der Waals surface area contributed by atoms with Crippen molar-refractivity contribution in [3.8, 4) is 11.5 Å². The van der Waals surface area contributed by atoms with E-state index in [1.54, 1.807) is 12.1 Å². The molecule has 88 valence electrons. The summed E-state index contributed by atoms with van der Waals surface area (Å²) >= 11 is 9.30. The van der Waals surface area contributed by atoms with Gasteiger partial charge in [0.05, 0.1) is 5.69 Å². The van der Waals surface area contributed by atoms with E-state index in [2.05, 4.69) is 15.9 Å². The van der Waals surface area contributed by atoms with Gasteiger partial charge in [-0.1, -0.05) is 27.5 Å². The predicted octanol–water partition coefficient (Wildman–Crippen LogP) is 4.79. The molecule has 0 saturated carbocycles. The van der Waals surface area contributed by atoms with Gasteiger partial charge in [-0.3, -0.25) is 0 Å². The molecule has 2 aromatic rings. The minimum absolute atomic E-state index is 0.590. The fraction of sp³-hybridized carbons (Fsp3) is 0.0769. The molecule has 17 heavy (non-hydrogen) atoms. The lowest BCUT2D eigenvalue weighted by molar-refractivity contribution is 0.484. The monoisotopic (exact) mass is 311 g/mol. The summed E-state index contributed by atoms with van der Waals surface area (Å²) in [4.78, 5) is 0. The molecule has 2 aromatic carbocycles. The van der Waals surface area contributed by atoms with Gasteiger partial charge in [0.15, 0.2) is 0 Å². The van der Waals surface area contributed by atoms with E-state index in [1.807, 2.05) is 31.2 Å². The Hall–Kier alpha value is -1.19. The zero-order valence-corrected chi connectivity index (χ0v) is 11.5. The molecular weight excluding hydrogens is 302 g/mol. The topological polar surface area (TPSA) is 35.2 Å². The van der Waals surface area contributed by atoms with Crippen LogP contribution >= 0.6 is 27.5 Å². The maximum atomic E-state index is 5.95. The molecule has 0 aromatic heterocycles. The van der Waals surface area contributed by atoms with Crippen LogP contribution in [0.1, 0.15) is 5.56 Å². The molecule has 0 fully saturated rings. The number of hydrogen-bond donors (Lipinski definition) is 1. The van der Waals surface area contributed by atoms with Crippen LogP contribution in [0, 0.1) is 6.92 Å². The fourth-order valence-corrected chi connectivity index (χ4v) is 1.92. The summed E-state index contributed by atoms with van der Waals surface area (Å²) in [5.74, 6) is 1.36. The van der Waals surface area contributed by atoms with E-state index in [4.69, 9.17) is 22.1 Å². The lowest BCUT2D eigenvalue weighted by Crippen LogP contribution is -1.92. The normalized spacial score (nSPS) is 10.3. The third-order valence-electron chi connectivity index (χ3n) is 2.33. The molecule has 2 rings (SSSR count). The van der Waals surface area contributed by atoms with Crippen molar-refractivity contribution in [1.29, 1.82) is 0 Å². The summed E-state index contributed by atoms with van der Waals surface area (Å²) in [6.45, 7) is 1.93. The van der Waals surface area contributed by atoms with E-state index in [1.165, 1.54) is 0 Å². The van der Waals surface area contributed by atoms with Crippen molar-refractivity contribution in [2.45, 2.75) is 6.92 Å². The van der Waals surface area contributed by atoms with E-state index in [0.717, 1.165) is 20.8 Å². The fourth-order valence-electron chi connectivity index (χ4n) is 1.42. The Morgan fingerprint density at radius 3 is 2.59 bits per heavy atom. The quantitative estimate of drug-likeness (QED) is 0.810. The molecular formula is C13H11BrClNO. The van der Waals surface area contributed by atoms with Crippen LogP contribution in [0.25, 0.3) is 0 Å². The van der Waals surface area contributed by atoms with Crippen molar-refractivity contribution >= 4 is 33.2 Å². The van der Waals surface area contributed by atoms with Gasteiger partial charge in [0.2, 0.25) is 0 Å². The molecule has 0 spiro atoms. The van der Waals surface area contributed by atoms with Crippen LogP contribution in [0.2, 0.25) is 5.02 Å². The van der Waals surface area contributed by atoms with Gasteiger partial charge in [-0.2, -0.15) is 0 Å². The Morgan fingerprint density at radius 1 is 1.18 bits per heavy atom. The van der Waals surface area contributed by atoms with Crippen molar-refractivity contribution < 1.29 is 4.74 Å². The Kier molecular flexibility index (Phi) is 3.60. The van der Waals surface area contributed by atoms with Gasteiger partial charge in [-0.05, 0) is 48.9 Å². The number of rotatable bonds is 2. The highest BCUT2D eigenvalue weighted by Gasteiger charge is 2.04. The minimum Gasteiger partial charge on any atom is -0.455 e. The van der Waals surface area contributed by atoms with E-state index >= 15 is 0 Å². The number of benzene rings is 2. The maximum absolute atomic E-state index is 5.95. The molecule has 0 bridgehead atoms. The maximum Gasteiger partial charge on any atom is 0.150 e. The smallest absolute Gasteiger partial charge is 0.150 e. The Bertz CT molecular complexity index is 557. The van der Waals surface area contributed by atoms with Gasteiger partial charge in [0, 0.05) is 9.50 Å². The highest BCUT2D eigenvalue weighted by atomic mass is 79.9. The molecule has 0 radical (unpaired) electrons. The Labute approximate surface area is 113 Å². The lowest BCUT2D eigenvalue weighted by atomic mass is 10.2. The lowest BCUT2D eigenvalue weighted by Gasteiger charge is -2.09. The number of nitrogens with two attached hydrogens (primary N) is 1. The summed E-state index contributed by atoms with van der Waals surface area (Å²) in [6, 6.07) is 11.0. The molecule has 0 unspecified atom stereocenters. The second-order valence-corrected chi connectivity index (χ2v) is 5.02. The van der Waals surface area contributed by atoms with E-state index in [9.17, 15) is 0 Å². The van der Waals surface area contributed by atoms with Crippen molar-refractivity contribution in [2.75, 3.05) is 5.73 Å². The SMILES string of the molecule is Cc1cc(Oc2ccc(Br)cc2N)ccc1Cl. The summed E-state index contributed by atoms with van der Waals surface area (Å²) in [7, 11) is 0. The van der Waals surface area contributed by atoms with Crippen molar-refractivity contribution in [2.24, 2.45) is 0 Å². The van der Waals surface area contributed by atoms with Crippen LogP contribution in [0.4, 0.5) is 5.69 Å². The molecule has 2 nitrogen and oxygen atoms in total. The van der Waals surface area contributed by atoms with Crippen LogP contribution in [0.5, 0.6) is 11.5 Å².